The molecule has 0 saturated heterocycles. The number of non-ortho nitro benzene ring substituents is 1. The number of halogens is 2. The Kier molecular flexibility index (Phi) is 3.87. The second-order valence-electron chi connectivity index (χ2n) is 2.97. The molecule has 0 unspecified atom stereocenters. The van der Waals surface area contributed by atoms with Crippen LogP contribution in [-0.4, -0.2) is 28.9 Å². The van der Waals surface area contributed by atoms with E-state index in [9.17, 15) is 28.5 Å². The van der Waals surface area contributed by atoms with E-state index in [1.54, 1.807) is 0 Å². The highest BCUT2D eigenvalue weighted by atomic mass is 19.3. The van der Waals surface area contributed by atoms with Crippen molar-refractivity contribution in [1.82, 2.24) is 0 Å². The lowest BCUT2D eigenvalue weighted by atomic mass is 10.1. The van der Waals surface area contributed by atoms with Crippen LogP contribution in [-0.2, 0) is 0 Å². The van der Waals surface area contributed by atoms with Crippen LogP contribution in [0.5, 0.6) is 5.75 Å². The van der Waals surface area contributed by atoms with E-state index in [4.69, 9.17) is 5.11 Å². The number of carbonyl (C=O) groups is 2. The highest BCUT2D eigenvalue weighted by molar-refractivity contribution is 5.96. The zero-order chi connectivity index (χ0) is 13.9. The van der Waals surface area contributed by atoms with E-state index in [-0.39, 0.29) is 6.29 Å². The molecule has 0 atom stereocenters. The lowest BCUT2D eigenvalue weighted by Crippen LogP contribution is -2.10. The maximum Gasteiger partial charge on any atom is 0.387 e. The summed E-state index contributed by atoms with van der Waals surface area (Å²) in [5, 5.41) is 19.2. The molecular formula is C9H5F2NO6. The number of aldehydes is 1. The van der Waals surface area contributed by atoms with Gasteiger partial charge in [0.1, 0.15) is 5.56 Å². The van der Waals surface area contributed by atoms with E-state index >= 15 is 0 Å². The molecule has 0 aliphatic rings. The molecule has 9 heteroatoms. The molecule has 7 nitrogen and oxygen atoms in total. The van der Waals surface area contributed by atoms with Gasteiger partial charge in [-0.25, -0.2) is 4.79 Å². The molecule has 0 radical (unpaired) electrons. The first kappa shape index (κ1) is 13.5. The number of benzene rings is 1. The predicted molar refractivity (Wildman–Crippen MR) is 52.1 cm³/mol. The molecule has 0 bridgehead atoms. The zero-order valence-corrected chi connectivity index (χ0v) is 8.50. The lowest BCUT2D eigenvalue weighted by molar-refractivity contribution is -0.384. The number of nitro groups is 1. The van der Waals surface area contributed by atoms with E-state index < -0.39 is 40.1 Å². The molecule has 1 aromatic rings. The summed E-state index contributed by atoms with van der Waals surface area (Å²) in [5.41, 5.74) is -2.23. The summed E-state index contributed by atoms with van der Waals surface area (Å²) in [6.45, 7) is -3.36. The fourth-order valence-electron chi connectivity index (χ4n) is 1.21. The Morgan fingerprint density at radius 2 is 2.11 bits per heavy atom. The van der Waals surface area contributed by atoms with Crippen molar-refractivity contribution in [2.75, 3.05) is 0 Å². The molecule has 1 aromatic carbocycles. The van der Waals surface area contributed by atoms with Gasteiger partial charge < -0.3 is 9.84 Å². The fourth-order valence-corrected chi connectivity index (χ4v) is 1.21. The van der Waals surface area contributed by atoms with Crippen molar-refractivity contribution in [3.05, 3.63) is 33.4 Å². The third-order valence-corrected chi connectivity index (χ3v) is 1.88. The molecule has 1 rings (SSSR count). The number of hydrogen-bond acceptors (Lipinski definition) is 5. The summed E-state index contributed by atoms with van der Waals surface area (Å²) in [7, 11) is 0. The highest BCUT2D eigenvalue weighted by Gasteiger charge is 2.23. The van der Waals surface area contributed by atoms with Gasteiger partial charge in [-0.05, 0) is 0 Å². The number of ether oxygens (including phenoxy) is 1. The minimum Gasteiger partial charge on any atom is -0.478 e. The largest absolute Gasteiger partial charge is 0.478 e. The second-order valence-corrected chi connectivity index (χ2v) is 2.97. The van der Waals surface area contributed by atoms with Crippen molar-refractivity contribution >= 4 is 17.9 Å². The average Bonchev–Trinajstić information content (AvgIpc) is 2.27. The van der Waals surface area contributed by atoms with Crippen LogP contribution in [0.1, 0.15) is 20.7 Å². The number of carboxylic acids is 1. The summed E-state index contributed by atoms with van der Waals surface area (Å²) in [6.07, 6.45) is -0.00282. The summed E-state index contributed by atoms with van der Waals surface area (Å²) >= 11 is 0. The number of nitro benzene ring substituents is 1. The van der Waals surface area contributed by atoms with Gasteiger partial charge in [0.25, 0.3) is 5.69 Å². The number of hydrogen-bond donors (Lipinski definition) is 1. The summed E-state index contributed by atoms with van der Waals surface area (Å²) in [5.74, 6) is -2.63. The van der Waals surface area contributed by atoms with Crippen molar-refractivity contribution in [3.8, 4) is 5.75 Å². The van der Waals surface area contributed by atoms with E-state index in [1.807, 2.05) is 0 Å². The summed E-state index contributed by atoms with van der Waals surface area (Å²) in [6, 6.07) is 1.18. The normalized spacial score (nSPS) is 10.2. The van der Waals surface area contributed by atoms with Crippen molar-refractivity contribution in [1.29, 1.82) is 0 Å². The Morgan fingerprint density at radius 3 is 2.50 bits per heavy atom. The highest BCUT2D eigenvalue weighted by Crippen LogP contribution is 2.29. The quantitative estimate of drug-likeness (QED) is 0.491. The third-order valence-electron chi connectivity index (χ3n) is 1.88. The number of alkyl halides is 2. The number of aromatic carboxylic acids is 1. The first-order chi connectivity index (χ1) is 8.36. The van der Waals surface area contributed by atoms with E-state index in [0.29, 0.717) is 12.1 Å². The van der Waals surface area contributed by atoms with Crippen LogP contribution in [0.3, 0.4) is 0 Å². The first-order valence-electron chi connectivity index (χ1n) is 4.32. The molecule has 0 spiro atoms. The van der Waals surface area contributed by atoms with Gasteiger partial charge in [-0.1, -0.05) is 0 Å². The van der Waals surface area contributed by atoms with Gasteiger partial charge in [0.2, 0.25) is 0 Å². The topological polar surface area (TPSA) is 107 Å². The first-order valence-corrected chi connectivity index (χ1v) is 4.32. The Balaban J connectivity index is 3.50. The molecule has 0 fully saturated rings. The molecule has 96 valence electrons. The maximum absolute atomic E-state index is 12.1. The average molecular weight is 261 g/mol. The molecule has 0 heterocycles. The Labute approximate surface area is 97.7 Å². The molecule has 0 aliphatic carbocycles. The van der Waals surface area contributed by atoms with Gasteiger partial charge in [-0.15, -0.1) is 0 Å². The fraction of sp³-hybridized carbons (Fsp3) is 0.111. The maximum atomic E-state index is 12.1. The molecule has 0 amide bonds. The standard InChI is InChI=1S/C9H5F2NO6/c10-9(11)18-7-4(3-13)1-5(12(16)17)2-6(7)8(14)15/h1-3,9H,(H,14,15). The Morgan fingerprint density at radius 1 is 1.50 bits per heavy atom. The molecule has 0 aromatic heterocycles. The van der Waals surface area contributed by atoms with E-state index in [0.717, 1.165) is 0 Å². The monoisotopic (exact) mass is 261 g/mol. The number of carboxylic acid groups (broad SMARTS) is 1. The Hall–Kier alpha value is -2.58. The van der Waals surface area contributed by atoms with Gasteiger partial charge in [0.15, 0.2) is 12.0 Å². The van der Waals surface area contributed by atoms with Crippen LogP contribution >= 0.6 is 0 Å². The van der Waals surface area contributed by atoms with Gasteiger partial charge in [0.05, 0.1) is 10.5 Å². The predicted octanol–water partition coefficient (Wildman–Crippen LogP) is 1.71. The van der Waals surface area contributed by atoms with Crippen LogP contribution in [0, 0.1) is 10.1 Å². The zero-order valence-electron chi connectivity index (χ0n) is 8.50. The van der Waals surface area contributed by atoms with Crippen LogP contribution < -0.4 is 4.74 Å². The van der Waals surface area contributed by atoms with E-state index in [1.165, 1.54) is 0 Å². The molecule has 1 N–H and O–H groups in total. The van der Waals surface area contributed by atoms with Crippen molar-refractivity contribution in [2.45, 2.75) is 6.61 Å². The van der Waals surface area contributed by atoms with Crippen LogP contribution in [0.25, 0.3) is 0 Å². The van der Waals surface area contributed by atoms with Gasteiger partial charge in [-0.2, -0.15) is 8.78 Å². The van der Waals surface area contributed by atoms with Crippen LogP contribution in [0.15, 0.2) is 12.1 Å². The van der Waals surface area contributed by atoms with Crippen molar-refractivity contribution in [3.63, 3.8) is 0 Å². The number of carbonyl (C=O) groups excluding carboxylic acids is 1. The van der Waals surface area contributed by atoms with Gasteiger partial charge >= 0.3 is 12.6 Å². The molecule has 0 aliphatic heterocycles. The van der Waals surface area contributed by atoms with E-state index in [2.05, 4.69) is 4.74 Å². The Bertz CT molecular complexity index is 516. The lowest BCUT2D eigenvalue weighted by Gasteiger charge is -2.09. The minimum absolute atomic E-state index is 0.00282. The SMILES string of the molecule is O=Cc1cc([N+](=O)[O-])cc(C(=O)O)c1OC(F)F. The van der Waals surface area contributed by atoms with Gasteiger partial charge in [0, 0.05) is 12.1 Å². The molecule has 0 saturated carbocycles. The van der Waals surface area contributed by atoms with Crippen molar-refractivity contribution < 1.29 is 33.1 Å². The van der Waals surface area contributed by atoms with Gasteiger partial charge in [-0.3, -0.25) is 14.9 Å². The molecular weight excluding hydrogens is 256 g/mol. The smallest absolute Gasteiger partial charge is 0.387 e. The minimum atomic E-state index is -3.36. The third kappa shape index (κ3) is 2.75. The van der Waals surface area contributed by atoms with Crippen molar-refractivity contribution in [2.24, 2.45) is 0 Å². The van der Waals surface area contributed by atoms with Crippen LogP contribution in [0.4, 0.5) is 14.5 Å². The summed E-state index contributed by atoms with van der Waals surface area (Å²) in [4.78, 5) is 30.9. The second kappa shape index (κ2) is 5.17. The van der Waals surface area contributed by atoms with Crippen LogP contribution in [0.2, 0.25) is 0 Å². The summed E-state index contributed by atoms with van der Waals surface area (Å²) < 4.78 is 28.0. The number of nitrogens with zero attached hydrogens (tertiary/aromatic N) is 1. The molecule has 18 heavy (non-hydrogen) atoms. The number of rotatable bonds is 5.